The van der Waals surface area contributed by atoms with Crippen LogP contribution in [0.15, 0.2) is 12.3 Å². The van der Waals surface area contributed by atoms with Gasteiger partial charge in [-0.3, -0.25) is 5.41 Å². The number of aromatic nitrogens is 2. The van der Waals surface area contributed by atoms with Crippen molar-refractivity contribution in [3.63, 3.8) is 0 Å². The average Bonchev–Trinajstić information content (AvgIpc) is 2.32. The SMILES string of the molecule is CC1CCN(c2nnccc2C(=N)N)CC1C. The first-order valence-electron chi connectivity index (χ1n) is 6.00. The van der Waals surface area contributed by atoms with Gasteiger partial charge in [0.1, 0.15) is 5.84 Å². The Bertz CT molecular complexity index is 417. The molecule has 2 unspecified atom stereocenters. The monoisotopic (exact) mass is 233 g/mol. The lowest BCUT2D eigenvalue weighted by molar-refractivity contribution is 0.322. The van der Waals surface area contributed by atoms with Crippen LogP contribution in [0.2, 0.25) is 0 Å². The molecule has 0 bridgehead atoms. The second-order valence-electron chi connectivity index (χ2n) is 4.87. The lowest BCUT2D eigenvalue weighted by Crippen LogP contribution is -2.40. The van der Waals surface area contributed by atoms with Gasteiger partial charge >= 0.3 is 0 Å². The van der Waals surface area contributed by atoms with E-state index in [1.54, 1.807) is 12.3 Å². The minimum Gasteiger partial charge on any atom is -0.384 e. The van der Waals surface area contributed by atoms with Gasteiger partial charge in [0, 0.05) is 13.1 Å². The van der Waals surface area contributed by atoms with Crippen molar-refractivity contribution in [2.24, 2.45) is 17.6 Å². The van der Waals surface area contributed by atoms with Crippen molar-refractivity contribution >= 4 is 11.7 Å². The van der Waals surface area contributed by atoms with E-state index in [4.69, 9.17) is 11.1 Å². The molecule has 1 fully saturated rings. The number of nitrogen functional groups attached to an aromatic ring is 1. The highest BCUT2D eigenvalue weighted by Crippen LogP contribution is 2.27. The Balaban J connectivity index is 2.25. The van der Waals surface area contributed by atoms with Gasteiger partial charge in [0.05, 0.1) is 11.8 Å². The van der Waals surface area contributed by atoms with Crippen LogP contribution in [0.25, 0.3) is 0 Å². The summed E-state index contributed by atoms with van der Waals surface area (Å²) in [6.45, 7) is 6.45. The maximum atomic E-state index is 7.57. The van der Waals surface area contributed by atoms with Crippen molar-refractivity contribution in [1.82, 2.24) is 10.2 Å². The van der Waals surface area contributed by atoms with Crippen LogP contribution in [0.4, 0.5) is 5.82 Å². The van der Waals surface area contributed by atoms with Crippen molar-refractivity contribution < 1.29 is 0 Å². The summed E-state index contributed by atoms with van der Waals surface area (Å²) in [7, 11) is 0. The predicted octanol–water partition coefficient (Wildman–Crippen LogP) is 1.24. The van der Waals surface area contributed by atoms with E-state index in [1.165, 1.54) is 0 Å². The highest BCUT2D eigenvalue weighted by Gasteiger charge is 2.25. The highest BCUT2D eigenvalue weighted by molar-refractivity contribution is 5.99. The van der Waals surface area contributed by atoms with Gasteiger partial charge in [-0.1, -0.05) is 13.8 Å². The average molecular weight is 233 g/mol. The number of nitrogens with one attached hydrogen (secondary N) is 1. The Kier molecular flexibility index (Phi) is 3.26. The molecule has 0 aromatic carbocycles. The summed E-state index contributed by atoms with van der Waals surface area (Å²) in [5.41, 5.74) is 6.25. The molecule has 0 spiro atoms. The Morgan fingerprint density at radius 1 is 1.47 bits per heavy atom. The number of rotatable bonds is 2. The molecule has 0 saturated carbocycles. The number of nitrogens with zero attached hydrogens (tertiary/aromatic N) is 3. The van der Waals surface area contributed by atoms with E-state index in [0.29, 0.717) is 11.5 Å². The van der Waals surface area contributed by atoms with Crippen molar-refractivity contribution in [2.75, 3.05) is 18.0 Å². The molecule has 0 amide bonds. The van der Waals surface area contributed by atoms with Gasteiger partial charge in [-0.2, -0.15) is 5.10 Å². The fraction of sp³-hybridized carbons (Fsp3) is 0.583. The van der Waals surface area contributed by atoms with Gasteiger partial charge in [-0.15, -0.1) is 5.10 Å². The number of anilines is 1. The molecule has 1 aromatic heterocycles. The lowest BCUT2D eigenvalue weighted by atomic mass is 9.88. The van der Waals surface area contributed by atoms with Gasteiger partial charge in [-0.25, -0.2) is 0 Å². The van der Waals surface area contributed by atoms with Crippen LogP contribution in [-0.2, 0) is 0 Å². The minimum absolute atomic E-state index is 0.0566. The van der Waals surface area contributed by atoms with Crippen LogP contribution in [0.3, 0.4) is 0 Å². The van der Waals surface area contributed by atoms with E-state index < -0.39 is 0 Å². The Hall–Kier alpha value is -1.65. The summed E-state index contributed by atoms with van der Waals surface area (Å²) in [6.07, 6.45) is 2.73. The first kappa shape index (κ1) is 11.8. The molecule has 17 heavy (non-hydrogen) atoms. The van der Waals surface area contributed by atoms with Gasteiger partial charge in [0.25, 0.3) is 0 Å². The molecule has 92 valence electrons. The Morgan fingerprint density at radius 2 is 2.24 bits per heavy atom. The van der Waals surface area contributed by atoms with Crippen LogP contribution in [0, 0.1) is 17.2 Å². The fourth-order valence-corrected chi connectivity index (χ4v) is 2.22. The van der Waals surface area contributed by atoms with Gasteiger partial charge < -0.3 is 10.6 Å². The summed E-state index contributed by atoms with van der Waals surface area (Å²) in [4.78, 5) is 2.19. The number of hydrogen-bond acceptors (Lipinski definition) is 4. The van der Waals surface area contributed by atoms with Gasteiger partial charge in [0.15, 0.2) is 5.82 Å². The lowest BCUT2D eigenvalue weighted by Gasteiger charge is -2.36. The second-order valence-corrected chi connectivity index (χ2v) is 4.87. The molecular weight excluding hydrogens is 214 g/mol. The standard InChI is InChI=1S/C12H19N5/c1-8-4-6-17(7-9(8)2)12-10(11(13)14)3-5-15-16-12/h3,5,8-9H,4,6-7H2,1-2H3,(H3,13,14). The van der Waals surface area contributed by atoms with Crippen LogP contribution < -0.4 is 10.6 Å². The molecule has 2 heterocycles. The number of nitrogens with two attached hydrogens (primary N) is 1. The smallest absolute Gasteiger partial charge is 0.162 e. The second kappa shape index (κ2) is 4.69. The summed E-state index contributed by atoms with van der Waals surface area (Å²) in [5.74, 6) is 2.18. The molecule has 5 heteroatoms. The maximum Gasteiger partial charge on any atom is 0.162 e. The van der Waals surface area contributed by atoms with Gasteiger partial charge in [0.2, 0.25) is 0 Å². The zero-order valence-electron chi connectivity index (χ0n) is 10.3. The molecule has 5 nitrogen and oxygen atoms in total. The topological polar surface area (TPSA) is 78.9 Å². The molecule has 1 aliphatic heterocycles. The molecule has 1 saturated heterocycles. The molecule has 2 rings (SSSR count). The first-order chi connectivity index (χ1) is 8.09. The molecular formula is C12H19N5. The third kappa shape index (κ3) is 2.38. The minimum atomic E-state index is 0.0566. The number of piperidine rings is 1. The normalized spacial score (nSPS) is 24.7. The Labute approximate surface area is 102 Å². The van der Waals surface area contributed by atoms with E-state index in [2.05, 4.69) is 28.9 Å². The number of hydrogen-bond donors (Lipinski definition) is 2. The summed E-state index contributed by atoms with van der Waals surface area (Å²) in [5, 5.41) is 15.6. The number of amidine groups is 1. The zero-order chi connectivity index (χ0) is 12.4. The maximum absolute atomic E-state index is 7.57. The molecule has 3 N–H and O–H groups in total. The largest absolute Gasteiger partial charge is 0.384 e. The highest BCUT2D eigenvalue weighted by atomic mass is 15.3. The zero-order valence-corrected chi connectivity index (χ0v) is 10.3. The van der Waals surface area contributed by atoms with E-state index in [0.717, 1.165) is 31.2 Å². The molecule has 1 aliphatic rings. The third-order valence-corrected chi connectivity index (χ3v) is 3.63. The first-order valence-corrected chi connectivity index (χ1v) is 6.00. The van der Waals surface area contributed by atoms with E-state index >= 15 is 0 Å². The van der Waals surface area contributed by atoms with Crippen LogP contribution in [-0.4, -0.2) is 29.1 Å². The molecule has 0 radical (unpaired) electrons. The summed E-state index contributed by atoms with van der Waals surface area (Å²) < 4.78 is 0. The van der Waals surface area contributed by atoms with E-state index in [9.17, 15) is 0 Å². The third-order valence-electron chi connectivity index (χ3n) is 3.63. The van der Waals surface area contributed by atoms with Crippen molar-refractivity contribution in [2.45, 2.75) is 20.3 Å². The Morgan fingerprint density at radius 3 is 2.88 bits per heavy atom. The predicted molar refractivity (Wildman–Crippen MR) is 68.2 cm³/mol. The summed E-state index contributed by atoms with van der Waals surface area (Å²) >= 11 is 0. The molecule has 0 aliphatic carbocycles. The van der Waals surface area contributed by atoms with Crippen molar-refractivity contribution in [3.8, 4) is 0 Å². The fourth-order valence-electron chi connectivity index (χ4n) is 2.22. The van der Waals surface area contributed by atoms with Crippen molar-refractivity contribution in [1.29, 1.82) is 5.41 Å². The molecule has 1 aromatic rings. The van der Waals surface area contributed by atoms with Crippen LogP contribution in [0.5, 0.6) is 0 Å². The summed E-state index contributed by atoms with van der Waals surface area (Å²) in [6, 6.07) is 1.76. The molecule has 2 atom stereocenters. The van der Waals surface area contributed by atoms with E-state index in [1.807, 2.05) is 0 Å². The quantitative estimate of drug-likeness (QED) is 0.595. The van der Waals surface area contributed by atoms with Crippen LogP contribution >= 0.6 is 0 Å². The van der Waals surface area contributed by atoms with Gasteiger partial charge in [-0.05, 0) is 24.3 Å². The van der Waals surface area contributed by atoms with Crippen molar-refractivity contribution in [3.05, 3.63) is 17.8 Å². The van der Waals surface area contributed by atoms with Crippen LogP contribution in [0.1, 0.15) is 25.8 Å². The van der Waals surface area contributed by atoms with E-state index in [-0.39, 0.29) is 5.84 Å².